The van der Waals surface area contributed by atoms with Gasteiger partial charge in [-0.2, -0.15) is 5.26 Å². The fourth-order valence-electron chi connectivity index (χ4n) is 1.79. The summed E-state index contributed by atoms with van der Waals surface area (Å²) in [6.45, 7) is 9.75. The zero-order chi connectivity index (χ0) is 15.0. The van der Waals surface area contributed by atoms with Gasteiger partial charge in [-0.25, -0.2) is 0 Å². The lowest BCUT2D eigenvalue weighted by Gasteiger charge is -2.15. The summed E-state index contributed by atoms with van der Waals surface area (Å²) in [5.74, 6) is 0.896. The van der Waals surface area contributed by atoms with E-state index in [0.717, 1.165) is 25.1 Å². The minimum Gasteiger partial charge on any atom is -0.494 e. The van der Waals surface area contributed by atoms with E-state index in [2.05, 4.69) is 37.4 Å². The molecule has 0 fully saturated rings. The Morgan fingerprint density at radius 3 is 2.45 bits per heavy atom. The molecule has 3 nitrogen and oxygen atoms in total. The van der Waals surface area contributed by atoms with E-state index >= 15 is 0 Å². The van der Waals surface area contributed by atoms with E-state index in [1.54, 1.807) is 0 Å². The van der Waals surface area contributed by atoms with Crippen molar-refractivity contribution in [3.63, 3.8) is 0 Å². The van der Waals surface area contributed by atoms with Crippen molar-refractivity contribution < 1.29 is 4.74 Å². The summed E-state index contributed by atoms with van der Waals surface area (Å²) < 4.78 is 5.70. The van der Waals surface area contributed by atoms with Crippen molar-refractivity contribution in [2.24, 2.45) is 5.41 Å². The van der Waals surface area contributed by atoms with Gasteiger partial charge < -0.3 is 10.1 Å². The Kier molecular flexibility index (Phi) is 6.54. The number of rotatable bonds is 8. The van der Waals surface area contributed by atoms with Crippen molar-refractivity contribution in [3.05, 3.63) is 29.8 Å². The van der Waals surface area contributed by atoms with Gasteiger partial charge in [-0.15, -0.1) is 0 Å². The summed E-state index contributed by atoms with van der Waals surface area (Å²) in [6, 6.07) is 11.0. The van der Waals surface area contributed by atoms with E-state index in [9.17, 15) is 0 Å². The molecule has 1 aromatic carbocycles. The largest absolute Gasteiger partial charge is 0.494 e. The van der Waals surface area contributed by atoms with Gasteiger partial charge in [0.15, 0.2) is 0 Å². The summed E-state index contributed by atoms with van der Waals surface area (Å²) >= 11 is 0. The molecule has 3 heteroatoms. The summed E-state index contributed by atoms with van der Waals surface area (Å²) in [7, 11) is 0. The van der Waals surface area contributed by atoms with Gasteiger partial charge in [-0.05, 0) is 44.4 Å². The summed E-state index contributed by atoms with van der Waals surface area (Å²) in [4.78, 5) is 0. The average Bonchev–Trinajstić information content (AvgIpc) is 2.42. The van der Waals surface area contributed by atoms with Crippen molar-refractivity contribution in [2.75, 3.05) is 6.61 Å². The molecular formula is C17H26N2O. The molecule has 0 spiro atoms. The maximum Gasteiger partial charge on any atom is 0.119 e. The van der Waals surface area contributed by atoms with Crippen molar-refractivity contribution >= 4 is 0 Å². The van der Waals surface area contributed by atoms with Gasteiger partial charge in [0.25, 0.3) is 0 Å². The molecule has 0 radical (unpaired) electrons. The normalized spacial score (nSPS) is 11.4. The van der Waals surface area contributed by atoms with E-state index in [4.69, 9.17) is 10.00 Å². The van der Waals surface area contributed by atoms with E-state index in [0.29, 0.717) is 12.6 Å². The second-order valence-electron chi connectivity index (χ2n) is 6.13. The average molecular weight is 274 g/mol. The van der Waals surface area contributed by atoms with Gasteiger partial charge >= 0.3 is 0 Å². The van der Waals surface area contributed by atoms with Crippen LogP contribution in [0.1, 0.15) is 46.1 Å². The Labute approximate surface area is 123 Å². The SMILES string of the molecule is CC(C)NCc1ccc(OCCCC(C)(C)C#N)cc1. The van der Waals surface area contributed by atoms with Crippen molar-refractivity contribution in [1.29, 1.82) is 5.26 Å². The lowest BCUT2D eigenvalue weighted by atomic mass is 9.90. The Balaban J connectivity index is 2.30. The van der Waals surface area contributed by atoms with Crippen LogP contribution in [0, 0.1) is 16.7 Å². The first-order chi connectivity index (χ1) is 9.43. The van der Waals surface area contributed by atoms with Crippen LogP contribution in [0.15, 0.2) is 24.3 Å². The highest BCUT2D eigenvalue weighted by Gasteiger charge is 2.15. The standard InChI is InChI=1S/C17H26N2O/c1-14(2)19-12-15-6-8-16(9-7-15)20-11-5-10-17(3,4)13-18/h6-9,14,19H,5,10-12H2,1-4H3. The summed E-state index contributed by atoms with van der Waals surface area (Å²) in [6.07, 6.45) is 1.76. The molecular weight excluding hydrogens is 248 g/mol. The van der Waals surface area contributed by atoms with Gasteiger partial charge in [0.2, 0.25) is 0 Å². The number of benzene rings is 1. The molecule has 0 aliphatic rings. The zero-order valence-electron chi connectivity index (χ0n) is 13.1. The Hall–Kier alpha value is -1.53. The highest BCUT2D eigenvalue weighted by Crippen LogP contribution is 2.21. The molecule has 1 aromatic rings. The molecule has 0 atom stereocenters. The van der Waals surface area contributed by atoms with Gasteiger partial charge in [0.05, 0.1) is 18.1 Å². The second-order valence-corrected chi connectivity index (χ2v) is 6.13. The quantitative estimate of drug-likeness (QED) is 0.731. The lowest BCUT2D eigenvalue weighted by Crippen LogP contribution is -2.21. The van der Waals surface area contributed by atoms with Crippen molar-refractivity contribution in [1.82, 2.24) is 5.32 Å². The third-order valence-corrected chi connectivity index (χ3v) is 3.16. The van der Waals surface area contributed by atoms with Crippen molar-refractivity contribution in [3.8, 4) is 11.8 Å². The third kappa shape index (κ3) is 6.58. The van der Waals surface area contributed by atoms with Crippen LogP contribution in [0.4, 0.5) is 0 Å². The molecule has 0 unspecified atom stereocenters. The zero-order valence-corrected chi connectivity index (χ0v) is 13.1. The van der Waals surface area contributed by atoms with Gasteiger partial charge in [-0.3, -0.25) is 0 Å². The van der Waals surface area contributed by atoms with Crippen LogP contribution in [0.2, 0.25) is 0 Å². The lowest BCUT2D eigenvalue weighted by molar-refractivity contribution is 0.284. The maximum absolute atomic E-state index is 8.93. The maximum atomic E-state index is 8.93. The van der Waals surface area contributed by atoms with Crippen LogP contribution in [0.5, 0.6) is 5.75 Å². The molecule has 0 aliphatic carbocycles. The monoisotopic (exact) mass is 274 g/mol. The van der Waals surface area contributed by atoms with Crippen LogP contribution in [-0.4, -0.2) is 12.6 Å². The van der Waals surface area contributed by atoms with E-state index in [1.807, 2.05) is 26.0 Å². The minimum absolute atomic E-state index is 0.254. The molecule has 0 aliphatic heterocycles. The summed E-state index contributed by atoms with van der Waals surface area (Å²) in [5, 5.41) is 12.3. The topological polar surface area (TPSA) is 45.0 Å². The van der Waals surface area contributed by atoms with Crippen LogP contribution in [-0.2, 0) is 6.54 Å². The van der Waals surface area contributed by atoms with Gasteiger partial charge in [0.1, 0.15) is 5.75 Å². The fourth-order valence-corrected chi connectivity index (χ4v) is 1.79. The highest BCUT2D eigenvalue weighted by molar-refractivity contribution is 5.27. The van der Waals surface area contributed by atoms with Crippen LogP contribution < -0.4 is 10.1 Å². The summed E-state index contributed by atoms with van der Waals surface area (Å²) in [5.41, 5.74) is 1.01. The Bertz CT molecular complexity index is 429. The predicted octanol–water partition coefficient (Wildman–Crippen LogP) is 3.89. The second kappa shape index (κ2) is 7.91. The van der Waals surface area contributed by atoms with Gasteiger partial charge in [0, 0.05) is 12.6 Å². The molecule has 1 rings (SSSR count). The molecule has 0 saturated carbocycles. The Morgan fingerprint density at radius 2 is 1.90 bits per heavy atom. The molecule has 110 valence electrons. The van der Waals surface area contributed by atoms with Crippen molar-refractivity contribution in [2.45, 2.75) is 53.1 Å². The van der Waals surface area contributed by atoms with E-state index in [-0.39, 0.29) is 5.41 Å². The number of nitrogens with zero attached hydrogens (tertiary/aromatic N) is 1. The molecule has 20 heavy (non-hydrogen) atoms. The number of nitrogens with one attached hydrogen (secondary N) is 1. The first-order valence-electron chi connectivity index (χ1n) is 7.29. The molecule has 1 N–H and O–H groups in total. The molecule has 0 bridgehead atoms. The molecule has 0 aromatic heterocycles. The number of nitriles is 1. The minimum atomic E-state index is -0.254. The smallest absolute Gasteiger partial charge is 0.119 e. The Morgan fingerprint density at radius 1 is 1.25 bits per heavy atom. The van der Waals surface area contributed by atoms with Gasteiger partial charge in [-0.1, -0.05) is 26.0 Å². The van der Waals surface area contributed by atoms with E-state index in [1.165, 1.54) is 5.56 Å². The van der Waals surface area contributed by atoms with Crippen LogP contribution in [0.25, 0.3) is 0 Å². The van der Waals surface area contributed by atoms with Crippen LogP contribution in [0.3, 0.4) is 0 Å². The van der Waals surface area contributed by atoms with E-state index < -0.39 is 0 Å². The third-order valence-electron chi connectivity index (χ3n) is 3.16. The number of hydrogen-bond acceptors (Lipinski definition) is 3. The fraction of sp³-hybridized carbons (Fsp3) is 0.588. The molecule has 0 amide bonds. The highest BCUT2D eigenvalue weighted by atomic mass is 16.5. The number of hydrogen-bond donors (Lipinski definition) is 1. The number of ether oxygens (including phenoxy) is 1. The first-order valence-corrected chi connectivity index (χ1v) is 7.29. The van der Waals surface area contributed by atoms with Crippen LogP contribution >= 0.6 is 0 Å². The predicted molar refractivity (Wildman–Crippen MR) is 82.5 cm³/mol. The first kappa shape index (κ1) is 16.5. The molecule has 0 saturated heterocycles. The molecule has 0 heterocycles.